The number of halogens is 1. The van der Waals surface area contributed by atoms with Crippen LogP contribution >= 0.6 is 11.6 Å². The van der Waals surface area contributed by atoms with Crippen molar-refractivity contribution in [3.05, 3.63) is 95.0 Å². The molecule has 0 aromatic heterocycles. The summed E-state index contributed by atoms with van der Waals surface area (Å²) in [5, 5.41) is 7.95. The van der Waals surface area contributed by atoms with Crippen molar-refractivity contribution < 1.29 is 0 Å². The van der Waals surface area contributed by atoms with Crippen molar-refractivity contribution in [3.8, 4) is 0 Å². The predicted molar refractivity (Wildman–Crippen MR) is 108 cm³/mol. The molecule has 0 radical (unpaired) electrons. The van der Waals surface area contributed by atoms with Crippen molar-refractivity contribution in [2.75, 3.05) is 17.0 Å². The fourth-order valence-corrected chi connectivity index (χ4v) is 4.20. The van der Waals surface area contributed by atoms with Crippen LogP contribution < -0.4 is 9.91 Å². The van der Waals surface area contributed by atoms with Gasteiger partial charge in [0, 0.05) is 17.8 Å². The summed E-state index contributed by atoms with van der Waals surface area (Å²) in [7, 11) is 2.15. The molecule has 4 heteroatoms. The highest BCUT2D eigenvalue weighted by Crippen LogP contribution is 2.47. The van der Waals surface area contributed by atoms with Crippen LogP contribution in [0, 0.1) is 0 Å². The summed E-state index contributed by atoms with van der Waals surface area (Å²) in [4.78, 5) is 2.33. The molecular formula is C22H18ClN3. The first-order valence-corrected chi connectivity index (χ1v) is 9.12. The van der Waals surface area contributed by atoms with Crippen LogP contribution in [0.15, 0.2) is 84.0 Å². The third-order valence-electron chi connectivity index (χ3n) is 5.27. The van der Waals surface area contributed by atoms with Gasteiger partial charge in [-0.3, -0.25) is 0 Å². The Balaban J connectivity index is 1.69. The summed E-state index contributed by atoms with van der Waals surface area (Å²) in [6.07, 6.45) is 0.139. The van der Waals surface area contributed by atoms with Crippen LogP contribution in [0.25, 0.3) is 0 Å². The van der Waals surface area contributed by atoms with Crippen LogP contribution in [0.1, 0.15) is 17.0 Å². The number of anilines is 2. The van der Waals surface area contributed by atoms with Gasteiger partial charge in [-0.25, -0.2) is 5.01 Å². The van der Waals surface area contributed by atoms with Gasteiger partial charge in [-0.2, -0.15) is 5.10 Å². The molecule has 0 spiro atoms. The molecule has 0 bridgehead atoms. The van der Waals surface area contributed by atoms with E-state index in [1.54, 1.807) is 0 Å². The van der Waals surface area contributed by atoms with Gasteiger partial charge >= 0.3 is 0 Å². The first-order chi connectivity index (χ1) is 12.7. The third kappa shape index (κ3) is 2.24. The highest BCUT2D eigenvalue weighted by Gasteiger charge is 2.47. The first-order valence-electron chi connectivity index (χ1n) is 8.74. The molecule has 0 fully saturated rings. The third-order valence-corrected chi connectivity index (χ3v) is 5.52. The summed E-state index contributed by atoms with van der Waals surface area (Å²) in [5.41, 5.74) is 5.91. The van der Waals surface area contributed by atoms with Gasteiger partial charge in [0.1, 0.15) is 6.17 Å². The van der Waals surface area contributed by atoms with Crippen LogP contribution in [0.2, 0.25) is 5.02 Å². The van der Waals surface area contributed by atoms with Gasteiger partial charge in [-0.15, -0.1) is 0 Å². The van der Waals surface area contributed by atoms with Gasteiger partial charge in [0.05, 0.1) is 17.3 Å². The standard InChI is InChI=1S/C22H18ClN3/c1-25-19-10-6-5-9-18(19)20-21(15-11-13-16(23)14-12-15)24-26(22(20)25)17-7-3-2-4-8-17/h2-14,20,22H,1H3/t20-,22+/m0/s1. The fourth-order valence-electron chi connectivity index (χ4n) is 4.08. The molecule has 128 valence electrons. The molecule has 0 saturated heterocycles. The van der Waals surface area contributed by atoms with E-state index in [1.165, 1.54) is 11.3 Å². The van der Waals surface area contributed by atoms with Gasteiger partial charge in [0.25, 0.3) is 0 Å². The van der Waals surface area contributed by atoms with E-state index < -0.39 is 0 Å². The lowest BCUT2D eigenvalue weighted by molar-refractivity contribution is 0.634. The Kier molecular flexibility index (Phi) is 3.50. The van der Waals surface area contributed by atoms with Crippen molar-refractivity contribution in [1.29, 1.82) is 0 Å². The summed E-state index contributed by atoms with van der Waals surface area (Å²) in [6.45, 7) is 0. The SMILES string of the molecule is CN1c2ccccc2[C@H]2C(c3ccc(Cl)cc3)=NN(c3ccccc3)[C@H]21. The maximum Gasteiger partial charge on any atom is 0.136 e. The number of hydrazone groups is 1. The van der Waals surface area contributed by atoms with Gasteiger partial charge in [-0.05, 0) is 41.5 Å². The molecule has 5 rings (SSSR count). The molecule has 0 saturated carbocycles. The minimum Gasteiger partial charge on any atom is -0.352 e. The van der Waals surface area contributed by atoms with Crippen molar-refractivity contribution in [1.82, 2.24) is 0 Å². The molecule has 3 nitrogen and oxygen atoms in total. The molecule has 0 unspecified atom stereocenters. The Bertz CT molecular complexity index is 982. The number of fused-ring (bicyclic) bond motifs is 3. The minimum atomic E-state index is 0.139. The van der Waals surface area contributed by atoms with Crippen molar-refractivity contribution in [3.63, 3.8) is 0 Å². The normalized spacial score (nSPS) is 20.8. The minimum absolute atomic E-state index is 0.139. The van der Waals surface area contributed by atoms with E-state index in [0.29, 0.717) is 0 Å². The fraction of sp³-hybridized carbons (Fsp3) is 0.136. The smallest absolute Gasteiger partial charge is 0.136 e. The second-order valence-corrected chi connectivity index (χ2v) is 7.17. The lowest BCUT2D eigenvalue weighted by Crippen LogP contribution is -2.41. The largest absolute Gasteiger partial charge is 0.352 e. The summed E-state index contributed by atoms with van der Waals surface area (Å²) < 4.78 is 0. The molecule has 0 aliphatic carbocycles. The zero-order valence-electron chi connectivity index (χ0n) is 14.4. The van der Waals surface area contributed by atoms with Crippen LogP contribution in [0.4, 0.5) is 11.4 Å². The second-order valence-electron chi connectivity index (χ2n) is 6.73. The monoisotopic (exact) mass is 359 g/mol. The van der Waals surface area contributed by atoms with Crippen molar-refractivity contribution >= 4 is 28.7 Å². The first kappa shape index (κ1) is 15.5. The molecular weight excluding hydrogens is 342 g/mol. The Morgan fingerprint density at radius 1 is 0.846 bits per heavy atom. The van der Waals surface area contributed by atoms with E-state index in [-0.39, 0.29) is 12.1 Å². The highest BCUT2D eigenvalue weighted by atomic mass is 35.5. The van der Waals surface area contributed by atoms with Gasteiger partial charge in [0.15, 0.2) is 0 Å². The van der Waals surface area contributed by atoms with Crippen LogP contribution in [0.5, 0.6) is 0 Å². The summed E-state index contributed by atoms with van der Waals surface area (Å²) in [6, 6.07) is 27.0. The van der Waals surface area contributed by atoms with Gasteiger partial charge in [-0.1, -0.05) is 60.1 Å². The molecule has 26 heavy (non-hydrogen) atoms. The Morgan fingerprint density at radius 3 is 2.31 bits per heavy atom. The Morgan fingerprint density at radius 2 is 1.54 bits per heavy atom. The molecule has 2 heterocycles. The van der Waals surface area contributed by atoms with E-state index in [2.05, 4.69) is 77.6 Å². The lowest BCUT2D eigenvalue weighted by atomic mass is 9.90. The maximum absolute atomic E-state index is 6.10. The predicted octanol–water partition coefficient (Wildman–Crippen LogP) is 5.12. The van der Waals surface area contributed by atoms with E-state index in [9.17, 15) is 0 Å². The van der Waals surface area contributed by atoms with E-state index in [4.69, 9.17) is 16.7 Å². The van der Waals surface area contributed by atoms with Crippen LogP contribution in [0.3, 0.4) is 0 Å². The number of likely N-dealkylation sites (N-methyl/N-ethyl adjacent to an activating group) is 1. The number of hydrogen-bond acceptors (Lipinski definition) is 3. The number of para-hydroxylation sites is 2. The van der Waals surface area contributed by atoms with Gasteiger partial charge < -0.3 is 4.90 Å². The zero-order valence-corrected chi connectivity index (χ0v) is 15.1. The average Bonchev–Trinajstić information content (AvgIpc) is 3.21. The maximum atomic E-state index is 6.10. The molecule has 2 aliphatic rings. The molecule has 0 amide bonds. The number of hydrogen-bond donors (Lipinski definition) is 0. The quantitative estimate of drug-likeness (QED) is 0.632. The molecule has 0 N–H and O–H groups in total. The van der Waals surface area contributed by atoms with Crippen molar-refractivity contribution in [2.45, 2.75) is 12.1 Å². The zero-order chi connectivity index (χ0) is 17.7. The molecule has 3 aromatic carbocycles. The topological polar surface area (TPSA) is 18.8 Å². The molecule has 2 atom stereocenters. The average molecular weight is 360 g/mol. The molecule has 2 aliphatic heterocycles. The van der Waals surface area contributed by atoms with E-state index in [0.717, 1.165) is 22.0 Å². The second kappa shape index (κ2) is 5.89. The summed E-state index contributed by atoms with van der Waals surface area (Å²) >= 11 is 6.10. The lowest BCUT2D eigenvalue weighted by Gasteiger charge is -2.30. The van der Waals surface area contributed by atoms with Crippen LogP contribution in [-0.2, 0) is 0 Å². The number of rotatable bonds is 2. The van der Waals surface area contributed by atoms with Crippen LogP contribution in [-0.4, -0.2) is 18.9 Å². The Labute approximate surface area is 158 Å². The molecule has 3 aromatic rings. The van der Waals surface area contributed by atoms with Crippen molar-refractivity contribution in [2.24, 2.45) is 5.10 Å². The van der Waals surface area contributed by atoms with Gasteiger partial charge in [0.2, 0.25) is 0 Å². The van der Waals surface area contributed by atoms with E-state index in [1.807, 2.05) is 18.2 Å². The Hall–Kier alpha value is -2.78. The summed E-state index contributed by atoms with van der Waals surface area (Å²) in [5.74, 6) is 0.206. The van der Waals surface area contributed by atoms with E-state index >= 15 is 0 Å². The number of benzene rings is 3. The highest BCUT2D eigenvalue weighted by molar-refractivity contribution is 6.30. The number of nitrogens with zero attached hydrogens (tertiary/aromatic N) is 3.